The van der Waals surface area contributed by atoms with Crippen LogP contribution in [0.3, 0.4) is 0 Å². The number of hydrogen-bond acceptors (Lipinski definition) is 4. The van der Waals surface area contributed by atoms with Gasteiger partial charge in [-0.1, -0.05) is 13.0 Å². The maximum atomic E-state index is 12.3. The van der Waals surface area contributed by atoms with Crippen LogP contribution in [0.2, 0.25) is 0 Å². The van der Waals surface area contributed by atoms with Crippen molar-refractivity contribution in [2.75, 3.05) is 31.1 Å². The Morgan fingerprint density at radius 2 is 1.76 bits per heavy atom. The molecule has 0 spiro atoms. The molecule has 1 atom stereocenters. The van der Waals surface area contributed by atoms with Crippen LogP contribution in [0.15, 0.2) is 36.7 Å². The molecular formula is C28H38N4O2. The summed E-state index contributed by atoms with van der Waals surface area (Å²) in [6.07, 6.45) is 5.12. The van der Waals surface area contributed by atoms with E-state index in [0.29, 0.717) is 19.1 Å². The number of amides is 1. The van der Waals surface area contributed by atoms with Crippen molar-refractivity contribution in [2.45, 2.75) is 66.5 Å². The van der Waals surface area contributed by atoms with Gasteiger partial charge >= 0.3 is 6.09 Å². The van der Waals surface area contributed by atoms with Crippen LogP contribution in [-0.2, 0) is 4.74 Å². The molecule has 1 unspecified atom stereocenters. The number of hydrogen-bond donors (Lipinski definition) is 0. The fourth-order valence-electron chi connectivity index (χ4n) is 4.74. The van der Waals surface area contributed by atoms with Crippen molar-refractivity contribution in [1.82, 2.24) is 14.5 Å². The van der Waals surface area contributed by atoms with Crippen LogP contribution in [0.25, 0.3) is 22.0 Å². The zero-order valence-electron chi connectivity index (χ0n) is 21.7. The van der Waals surface area contributed by atoms with E-state index in [2.05, 4.69) is 67.6 Å². The van der Waals surface area contributed by atoms with E-state index in [4.69, 9.17) is 9.72 Å². The topological polar surface area (TPSA) is 50.6 Å². The van der Waals surface area contributed by atoms with Crippen molar-refractivity contribution >= 4 is 22.8 Å². The van der Waals surface area contributed by atoms with Gasteiger partial charge in [0.05, 0.1) is 0 Å². The van der Waals surface area contributed by atoms with Crippen LogP contribution in [0.5, 0.6) is 0 Å². The lowest BCUT2D eigenvalue weighted by atomic mass is 10.0. The zero-order valence-corrected chi connectivity index (χ0v) is 21.7. The van der Waals surface area contributed by atoms with Crippen molar-refractivity contribution in [3.05, 3.63) is 47.8 Å². The minimum atomic E-state index is -0.470. The monoisotopic (exact) mass is 462 g/mol. The molecule has 6 heteroatoms. The number of aromatic nitrogens is 2. The van der Waals surface area contributed by atoms with Crippen LogP contribution in [0.1, 0.15) is 58.2 Å². The molecule has 0 N–H and O–H groups in total. The van der Waals surface area contributed by atoms with Gasteiger partial charge in [-0.25, -0.2) is 9.78 Å². The Hall–Kier alpha value is -3.02. The molecule has 1 fully saturated rings. The van der Waals surface area contributed by atoms with Gasteiger partial charge in [-0.2, -0.15) is 0 Å². The highest BCUT2D eigenvalue weighted by Gasteiger charge is 2.26. The minimum absolute atomic E-state index is 0.237. The molecule has 182 valence electrons. The third kappa shape index (κ3) is 4.91. The number of nitrogens with zero attached hydrogens (tertiary/aromatic N) is 4. The second-order valence-electron chi connectivity index (χ2n) is 10.5. The van der Waals surface area contributed by atoms with E-state index < -0.39 is 5.60 Å². The number of fused-ring (bicyclic) bond motifs is 1. The van der Waals surface area contributed by atoms with E-state index in [1.165, 1.54) is 27.6 Å². The molecule has 0 saturated carbocycles. The molecule has 1 aromatic carbocycles. The van der Waals surface area contributed by atoms with Crippen LogP contribution >= 0.6 is 0 Å². The molecule has 4 rings (SSSR count). The second kappa shape index (κ2) is 9.32. The van der Waals surface area contributed by atoms with Crippen molar-refractivity contribution in [3.8, 4) is 11.1 Å². The Morgan fingerprint density at radius 1 is 1.06 bits per heavy atom. The molecule has 0 radical (unpaired) electrons. The smallest absolute Gasteiger partial charge is 0.410 e. The SMILES string of the molecule is CCC(C)n1cc(C)c2c(C)cc(-c3ccc(N4CCN(C(=O)OC(C)(C)C)CC4)nc3)cc21. The number of carbonyl (C=O) groups is 1. The van der Waals surface area contributed by atoms with Crippen LogP contribution in [0.4, 0.5) is 10.6 Å². The quantitative estimate of drug-likeness (QED) is 0.453. The Labute approximate surface area is 203 Å². The third-order valence-electron chi connectivity index (χ3n) is 6.72. The van der Waals surface area contributed by atoms with Crippen molar-refractivity contribution < 1.29 is 9.53 Å². The molecule has 3 aromatic rings. The van der Waals surface area contributed by atoms with Gasteiger partial charge in [-0.3, -0.25) is 0 Å². The summed E-state index contributed by atoms with van der Waals surface area (Å²) in [6.45, 7) is 17.4. The van der Waals surface area contributed by atoms with Gasteiger partial charge in [0.15, 0.2) is 0 Å². The van der Waals surface area contributed by atoms with Crippen LogP contribution in [0, 0.1) is 13.8 Å². The van der Waals surface area contributed by atoms with Gasteiger partial charge in [0.1, 0.15) is 11.4 Å². The second-order valence-corrected chi connectivity index (χ2v) is 10.5. The summed E-state index contributed by atoms with van der Waals surface area (Å²) in [5, 5.41) is 1.36. The normalized spacial score (nSPS) is 15.6. The van der Waals surface area contributed by atoms with Crippen LogP contribution in [-0.4, -0.2) is 52.3 Å². The molecule has 1 saturated heterocycles. The number of benzene rings is 1. The number of piperazine rings is 1. The van der Waals surface area contributed by atoms with Gasteiger partial charge in [0.2, 0.25) is 0 Å². The predicted molar refractivity (Wildman–Crippen MR) is 140 cm³/mol. The third-order valence-corrected chi connectivity index (χ3v) is 6.72. The van der Waals surface area contributed by atoms with Crippen molar-refractivity contribution in [1.29, 1.82) is 0 Å². The summed E-state index contributed by atoms with van der Waals surface area (Å²) in [6, 6.07) is 9.29. The Bertz CT molecular complexity index is 1170. The summed E-state index contributed by atoms with van der Waals surface area (Å²) in [4.78, 5) is 21.1. The fraction of sp³-hybridized carbons (Fsp3) is 0.500. The molecule has 6 nitrogen and oxygen atoms in total. The maximum absolute atomic E-state index is 12.3. The lowest BCUT2D eigenvalue weighted by Crippen LogP contribution is -2.50. The average molecular weight is 463 g/mol. The number of carbonyl (C=O) groups excluding carboxylic acids is 1. The molecule has 34 heavy (non-hydrogen) atoms. The molecular weight excluding hydrogens is 424 g/mol. The minimum Gasteiger partial charge on any atom is -0.444 e. The van der Waals surface area contributed by atoms with Gasteiger partial charge in [-0.05, 0) is 82.9 Å². The molecule has 1 amide bonds. The molecule has 2 aromatic heterocycles. The predicted octanol–water partition coefficient (Wildman–Crippen LogP) is 6.35. The van der Waals surface area contributed by atoms with Crippen LogP contribution < -0.4 is 4.90 Å². The van der Waals surface area contributed by atoms with Gasteiger partial charge < -0.3 is 19.1 Å². The van der Waals surface area contributed by atoms with Gasteiger partial charge in [-0.15, -0.1) is 0 Å². The molecule has 0 aliphatic carbocycles. The number of rotatable bonds is 4. The van der Waals surface area contributed by atoms with Crippen molar-refractivity contribution in [3.63, 3.8) is 0 Å². The zero-order chi connectivity index (χ0) is 24.6. The first-order valence-corrected chi connectivity index (χ1v) is 12.4. The lowest BCUT2D eigenvalue weighted by molar-refractivity contribution is 0.0240. The number of anilines is 1. The first-order chi connectivity index (χ1) is 16.1. The molecule has 0 bridgehead atoms. The highest BCUT2D eigenvalue weighted by Crippen LogP contribution is 2.33. The number of pyridine rings is 1. The molecule has 3 heterocycles. The maximum Gasteiger partial charge on any atom is 0.410 e. The average Bonchev–Trinajstić information content (AvgIpc) is 3.14. The van der Waals surface area contributed by atoms with E-state index in [-0.39, 0.29) is 6.09 Å². The molecule has 1 aliphatic rings. The standard InChI is InChI=1S/C28H38N4O2/c1-8-21(4)32-18-20(3)26-19(2)15-23(16-24(26)32)22-9-10-25(29-17-22)30-11-13-31(14-12-30)27(33)34-28(5,6)7/h9-10,15-18,21H,8,11-14H2,1-7H3. The van der Waals surface area contributed by atoms with Gasteiger partial charge in [0, 0.05) is 61.1 Å². The van der Waals surface area contributed by atoms with Gasteiger partial charge in [0.25, 0.3) is 0 Å². The number of aryl methyl sites for hydroxylation is 2. The Morgan fingerprint density at radius 3 is 2.35 bits per heavy atom. The summed E-state index contributed by atoms with van der Waals surface area (Å²) in [7, 11) is 0. The Balaban J connectivity index is 1.51. The summed E-state index contributed by atoms with van der Waals surface area (Å²) in [5.74, 6) is 0.948. The summed E-state index contributed by atoms with van der Waals surface area (Å²) >= 11 is 0. The highest BCUT2D eigenvalue weighted by atomic mass is 16.6. The largest absolute Gasteiger partial charge is 0.444 e. The Kier molecular flexibility index (Phi) is 6.61. The molecule has 1 aliphatic heterocycles. The summed E-state index contributed by atoms with van der Waals surface area (Å²) in [5.41, 5.74) is 5.77. The van der Waals surface area contributed by atoms with Crippen molar-refractivity contribution in [2.24, 2.45) is 0 Å². The number of ether oxygens (including phenoxy) is 1. The summed E-state index contributed by atoms with van der Waals surface area (Å²) < 4.78 is 7.92. The van der Waals surface area contributed by atoms with E-state index in [1.54, 1.807) is 4.90 Å². The fourth-order valence-corrected chi connectivity index (χ4v) is 4.74. The van der Waals surface area contributed by atoms with E-state index >= 15 is 0 Å². The van der Waals surface area contributed by atoms with E-state index in [0.717, 1.165) is 30.9 Å². The van der Waals surface area contributed by atoms with E-state index in [1.807, 2.05) is 27.0 Å². The highest BCUT2D eigenvalue weighted by molar-refractivity contribution is 5.91. The van der Waals surface area contributed by atoms with E-state index in [9.17, 15) is 4.79 Å². The first-order valence-electron chi connectivity index (χ1n) is 12.4. The lowest BCUT2D eigenvalue weighted by Gasteiger charge is -2.36. The first kappa shape index (κ1) is 24.1.